The molecule has 2 N–H and O–H groups in total. The number of nitriles is 2. The molecule has 0 aliphatic heterocycles. The van der Waals surface area contributed by atoms with Crippen molar-refractivity contribution < 1.29 is 18.0 Å². The molecule has 8 heteroatoms. The highest BCUT2D eigenvalue weighted by Gasteiger charge is 2.30. The molecule has 0 bridgehead atoms. The largest absolute Gasteiger partial charge is 0.416 e. The van der Waals surface area contributed by atoms with Crippen LogP contribution in [0, 0.1) is 22.7 Å². The van der Waals surface area contributed by atoms with Crippen molar-refractivity contribution in [1.82, 2.24) is 0 Å². The molecule has 2 aromatic carbocycles. The second-order valence-corrected chi connectivity index (χ2v) is 5.00. The molecule has 0 aliphatic carbocycles. The maximum atomic E-state index is 12.6. The fourth-order valence-electron chi connectivity index (χ4n) is 1.96. The van der Waals surface area contributed by atoms with Gasteiger partial charge in [-0.1, -0.05) is 12.1 Å². The predicted molar refractivity (Wildman–Crippen MR) is 88.8 cm³/mol. The standard InChI is InChI=1S/C18H11F3N4O/c19-18(20,21)14-7-5-13(6-8-14)17(26)25-16-4-2-1-3-15(16)24-11-12(9-22)10-23/h1-8,11,24H,(H,25,26). The highest BCUT2D eigenvalue weighted by molar-refractivity contribution is 6.05. The van der Waals surface area contributed by atoms with Crippen LogP contribution in [0.4, 0.5) is 24.5 Å². The first-order chi connectivity index (χ1) is 12.3. The Bertz CT molecular complexity index is 903. The second kappa shape index (κ2) is 7.86. The first-order valence-electron chi connectivity index (χ1n) is 7.19. The molecule has 2 rings (SSSR count). The van der Waals surface area contributed by atoms with Crippen LogP contribution in [-0.4, -0.2) is 5.91 Å². The first kappa shape index (κ1) is 18.6. The smallest absolute Gasteiger partial charge is 0.358 e. The van der Waals surface area contributed by atoms with E-state index in [0.717, 1.165) is 24.3 Å². The number of benzene rings is 2. The molecule has 130 valence electrons. The number of hydrogen-bond acceptors (Lipinski definition) is 4. The third-order valence-corrected chi connectivity index (χ3v) is 3.26. The number of hydrogen-bond donors (Lipinski definition) is 2. The lowest BCUT2D eigenvalue weighted by atomic mass is 10.1. The molecule has 1 amide bonds. The number of anilines is 2. The topological polar surface area (TPSA) is 88.7 Å². The number of rotatable bonds is 4. The molecule has 0 spiro atoms. The van der Waals surface area contributed by atoms with E-state index in [1.807, 2.05) is 0 Å². The summed E-state index contributed by atoms with van der Waals surface area (Å²) in [4.78, 5) is 12.2. The summed E-state index contributed by atoms with van der Waals surface area (Å²) in [7, 11) is 0. The van der Waals surface area contributed by atoms with Gasteiger partial charge in [0, 0.05) is 11.8 Å². The molecule has 0 heterocycles. The number of amides is 1. The van der Waals surface area contributed by atoms with E-state index in [4.69, 9.17) is 10.5 Å². The molecule has 0 aliphatic rings. The van der Waals surface area contributed by atoms with Crippen LogP contribution in [0.3, 0.4) is 0 Å². The number of halogens is 3. The van der Waals surface area contributed by atoms with E-state index in [1.165, 1.54) is 6.20 Å². The van der Waals surface area contributed by atoms with Crippen molar-refractivity contribution in [2.75, 3.05) is 10.6 Å². The van der Waals surface area contributed by atoms with Gasteiger partial charge in [0.25, 0.3) is 5.91 Å². The number of nitrogens with one attached hydrogen (secondary N) is 2. The zero-order valence-corrected chi connectivity index (χ0v) is 13.1. The van der Waals surface area contributed by atoms with Crippen LogP contribution in [0.5, 0.6) is 0 Å². The molecule has 0 saturated heterocycles. The fraction of sp³-hybridized carbons (Fsp3) is 0.0556. The van der Waals surface area contributed by atoms with Crippen molar-refractivity contribution in [1.29, 1.82) is 10.5 Å². The molecule has 0 saturated carbocycles. The van der Waals surface area contributed by atoms with Crippen LogP contribution in [0.25, 0.3) is 0 Å². The predicted octanol–water partition coefficient (Wildman–Crippen LogP) is 4.30. The Labute approximate surface area is 147 Å². The Morgan fingerprint density at radius 1 is 0.962 bits per heavy atom. The summed E-state index contributed by atoms with van der Waals surface area (Å²) in [6.07, 6.45) is -3.29. The highest BCUT2D eigenvalue weighted by atomic mass is 19.4. The number of carbonyl (C=O) groups is 1. The van der Waals surface area contributed by atoms with Crippen LogP contribution < -0.4 is 10.6 Å². The molecule has 0 fully saturated rings. The minimum absolute atomic E-state index is 0.0538. The maximum Gasteiger partial charge on any atom is 0.416 e. The quantitative estimate of drug-likeness (QED) is 0.800. The van der Waals surface area contributed by atoms with Gasteiger partial charge in [0.1, 0.15) is 17.7 Å². The molecule has 0 atom stereocenters. The Hall–Kier alpha value is -3.78. The monoisotopic (exact) mass is 356 g/mol. The van der Waals surface area contributed by atoms with Gasteiger partial charge in [0.2, 0.25) is 0 Å². The summed E-state index contributed by atoms with van der Waals surface area (Å²) >= 11 is 0. The van der Waals surface area contributed by atoms with Crippen LogP contribution >= 0.6 is 0 Å². The van der Waals surface area contributed by atoms with E-state index in [0.29, 0.717) is 11.4 Å². The minimum atomic E-state index is -4.48. The Kier molecular flexibility index (Phi) is 5.61. The number of allylic oxidation sites excluding steroid dienone is 1. The zero-order chi connectivity index (χ0) is 19.2. The van der Waals surface area contributed by atoms with Gasteiger partial charge in [-0.2, -0.15) is 23.7 Å². The van der Waals surface area contributed by atoms with Crippen molar-refractivity contribution in [2.24, 2.45) is 0 Å². The van der Waals surface area contributed by atoms with Gasteiger partial charge < -0.3 is 10.6 Å². The summed E-state index contributed by atoms with van der Waals surface area (Å²) < 4.78 is 37.7. The summed E-state index contributed by atoms with van der Waals surface area (Å²) in [5, 5.41) is 22.7. The molecule has 26 heavy (non-hydrogen) atoms. The van der Waals surface area contributed by atoms with E-state index >= 15 is 0 Å². The van der Waals surface area contributed by atoms with Gasteiger partial charge in [-0.15, -0.1) is 0 Å². The van der Waals surface area contributed by atoms with Gasteiger partial charge in [0.15, 0.2) is 0 Å². The number of alkyl halides is 3. The summed E-state index contributed by atoms with van der Waals surface area (Å²) in [6, 6.07) is 13.7. The molecule has 0 aromatic heterocycles. The Morgan fingerprint density at radius 2 is 1.54 bits per heavy atom. The lowest BCUT2D eigenvalue weighted by Crippen LogP contribution is -2.13. The summed E-state index contributed by atoms with van der Waals surface area (Å²) in [5.41, 5.74) is -0.201. The van der Waals surface area contributed by atoms with E-state index < -0.39 is 17.6 Å². The average molecular weight is 356 g/mol. The average Bonchev–Trinajstić information content (AvgIpc) is 2.63. The molecule has 5 nitrogen and oxygen atoms in total. The number of nitrogens with zero attached hydrogens (tertiary/aromatic N) is 2. The van der Waals surface area contributed by atoms with Crippen molar-refractivity contribution in [3.8, 4) is 12.1 Å². The minimum Gasteiger partial charge on any atom is -0.358 e. The van der Waals surface area contributed by atoms with Crippen molar-refractivity contribution >= 4 is 17.3 Å². The van der Waals surface area contributed by atoms with Crippen molar-refractivity contribution in [3.63, 3.8) is 0 Å². The van der Waals surface area contributed by atoms with E-state index in [-0.39, 0.29) is 11.1 Å². The Morgan fingerprint density at radius 3 is 2.08 bits per heavy atom. The van der Waals surface area contributed by atoms with Crippen LogP contribution in [-0.2, 0) is 6.18 Å². The lowest BCUT2D eigenvalue weighted by molar-refractivity contribution is -0.137. The SMILES string of the molecule is N#CC(C#N)=CNc1ccccc1NC(=O)c1ccc(C(F)(F)F)cc1. The van der Waals surface area contributed by atoms with Crippen molar-refractivity contribution in [3.05, 3.63) is 71.4 Å². The third-order valence-electron chi connectivity index (χ3n) is 3.26. The summed E-state index contributed by atoms with van der Waals surface area (Å²) in [6.45, 7) is 0. The number of para-hydroxylation sites is 2. The third kappa shape index (κ3) is 4.62. The van der Waals surface area contributed by atoms with Crippen molar-refractivity contribution in [2.45, 2.75) is 6.18 Å². The maximum absolute atomic E-state index is 12.6. The summed E-state index contributed by atoms with van der Waals surface area (Å²) in [5.74, 6) is -0.599. The zero-order valence-electron chi connectivity index (χ0n) is 13.1. The highest BCUT2D eigenvalue weighted by Crippen LogP contribution is 2.29. The van der Waals surface area contributed by atoms with Crippen LogP contribution in [0.2, 0.25) is 0 Å². The fourth-order valence-corrected chi connectivity index (χ4v) is 1.96. The molecule has 0 unspecified atom stereocenters. The van der Waals surface area contributed by atoms with Gasteiger partial charge in [-0.3, -0.25) is 4.79 Å². The lowest BCUT2D eigenvalue weighted by Gasteiger charge is -2.11. The van der Waals surface area contributed by atoms with E-state index in [1.54, 1.807) is 36.4 Å². The van der Waals surface area contributed by atoms with Crippen LogP contribution in [0.15, 0.2) is 60.3 Å². The first-order valence-corrected chi connectivity index (χ1v) is 7.19. The van der Waals surface area contributed by atoms with E-state index in [2.05, 4.69) is 10.6 Å². The molecule has 2 aromatic rings. The number of carbonyl (C=O) groups excluding carboxylic acids is 1. The van der Waals surface area contributed by atoms with Gasteiger partial charge in [0.05, 0.1) is 16.9 Å². The van der Waals surface area contributed by atoms with Gasteiger partial charge in [-0.25, -0.2) is 0 Å². The Balaban J connectivity index is 2.19. The normalized spacial score (nSPS) is 10.2. The molecular weight excluding hydrogens is 345 g/mol. The second-order valence-electron chi connectivity index (χ2n) is 5.00. The molecule has 0 radical (unpaired) electrons. The van der Waals surface area contributed by atoms with Gasteiger partial charge >= 0.3 is 6.18 Å². The van der Waals surface area contributed by atoms with Gasteiger partial charge in [-0.05, 0) is 36.4 Å². The van der Waals surface area contributed by atoms with E-state index in [9.17, 15) is 18.0 Å². The molecular formula is C18H11F3N4O. The van der Waals surface area contributed by atoms with Crippen LogP contribution in [0.1, 0.15) is 15.9 Å².